The van der Waals surface area contributed by atoms with Crippen molar-refractivity contribution in [2.75, 3.05) is 6.61 Å². The summed E-state index contributed by atoms with van der Waals surface area (Å²) in [5.74, 6) is -0.698. The van der Waals surface area contributed by atoms with Gasteiger partial charge in [0.05, 0.1) is 12.3 Å². The molecule has 0 aliphatic rings. The molecule has 20 heavy (non-hydrogen) atoms. The molecule has 104 valence electrons. The SMILES string of the molecule is CCOC(=O)c1nn(-c2ccc(C)c(C)c2)ccc1=O. The first kappa shape index (κ1) is 14.0. The van der Waals surface area contributed by atoms with E-state index in [4.69, 9.17) is 4.74 Å². The van der Waals surface area contributed by atoms with Crippen molar-refractivity contribution in [2.24, 2.45) is 0 Å². The van der Waals surface area contributed by atoms with Crippen molar-refractivity contribution in [3.63, 3.8) is 0 Å². The second kappa shape index (κ2) is 5.69. The Morgan fingerprint density at radius 1 is 1.25 bits per heavy atom. The average Bonchev–Trinajstić information content (AvgIpc) is 2.42. The van der Waals surface area contributed by atoms with Crippen LogP contribution in [-0.2, 0) is 4.74 Å². The molecule has 0 fully saturated rings. The third-order valence-corrected chi connectivity index (χ3v) is 3.03. The van der Waals surface area contributed by atoms with Gasteiger partial charge in [-0.3, -0.25) is 4.79 Å². The smallest absolute Gasteiger partial charge is 0.362 e. The maximum absolute atomic E-state index is 11.7. The molecule has 0 saturated carbocycles. The molecule has 0 bridgehead atoms. The zero-order chi connectivity index (χ0) is 14.7. The van der Waals surface area contributed by atoms with E-state index in [9.17, 15) is 9.59 Å². The number of carbonyl (C=O) groups is 1. The molecule has 0 aliphatic heterocycles. The maximum atomic E-state index is 11.7. The summed E-state index contributed by atoms with van der Waals surface area (Å²) in [6.45, 7) is 5.90. The Morgan fingerprint density at radius 3 is 2.65 bits per heavy atom. The minimum atomic E-state index is -0.698. The Hall–Kier alpha value is -2.43. The van der Waals surface area contributed by atoms with Crippen LogP contribution < -0.4 is 5.43 Å². The van der Waals surface area contributed by atoms with E-state index in [0.29, 0.717) is 0 Å². The predicted molar refractivity (Wildman–Crippen MR) is 75.3 cm³/mol. The highest BCUT2D eigenvalue weighted by Gasteiger charge is 2.14. The standard InChI is InChI=1S/C15H16N2O3/c1-4-20-15(19)14-13(18)7-8-17(16-14)12-6-5-10(2)11(3)9-12/h5-9H,4H2,1-3H3. The third kappa shape index (κ3) is 2.77. The molecule has 2 rings (SSSR count). The number of rotatable bonds is 3. The van der Waals surface area contributed by atoms with Crippen molar-refractivity contribution < 1.29 is 9.53 Å². The van der Waals surface area contributed by atoms with Crippen LogP contribution in [0.4, 0.5) is 0 Å². The van der Waals surface area contributed by atoms with Crippen LogP contribution in [0.3, 0.4) is 0 Å². The van der Waals surface area contributed by atoms with Crippen LogP contribution in [0.15, 0.2) is 35.3 Å². The first-order valence-electron chi connectivity index (χ1n) is 6.37. The topological polar surface area (TPSA) is 61.2 Å². The molecule has 5 nitrogen and oxygen atoms in total. The van der Waals surface area contributed by atoms with E-state index in [0.717, 1.165) is 11.3 Å². The molecule has 0 spiro atoms. The Labute approximate surface area is 116 Å². The first-order chi connectivity index (χ1) is 9.52. The summed E-state index contributed by atoms with van der Waals surface area (Å²) in [6.07, 6.45) is 1.54. The van der Waals surface area contributed by atoms with Crippen LogP contribution in [0, 0.1) is 13.8 Å². The van der Waals surface area contributed by atoms with Gasteiger partial charge in [0, 0.05) is 12.3 Å². The highest BCUT2D eigenvalue weighted by molar-refractivity contribution is 5.86. The highest BCUT2D eigenvalue weighted by Crippen LogP contribution is 2.12. The van der Waals surface area contributed by atoms with E-state index >= 15 is 0 Å². The van der Waals surface area contributed by atoms with Gasteiger partial charge in [0.25, 0.3) is 0 Å². The largest absolute Gasteiger partial charge is 0.461 e. The quantitative estimate of drug-likeness (QED) is 0.802. The molecule has 2 aromatic rings. The van der Waals surface area contributed by atoms with Crippen molar-refractivity contribution in [3.8, 4) is 5.69 Å². The van der Waals surface area contributed by atoms with E-state index in [1.165, 1.54) is 22.5 Å². The van der Waals surface area contributed by atoms with Crippen molar-refractivity contribution in [1.29, 1.82) is 0 Å². The molecule has 0 unspecified atom stereocenters. The molecule has 5 heteroatoms. The molecule has 0 aliphatic carbocycles. The molecule has 1 aromatic heterocycles. The fourth-order valence-corrected chi connectivity index (χ4v) is 1.76. The lowest BCUT2D eigenvalue weighted by atomic mass is 10.1. The van der Waals surface area contributed by atoms with E-state index in [-0.39, 0.29) is 12.3 Å². The number of hydrogen-bond acceptors (Lipinski definition) is 4. The van der Waals surface area contributed by atoms with E-state index in [2.05, 4.69) is 5.10 Å². The number of hydrogen-bond donors (Lipinski definition) is 0. The lowest BCUT2D eigenvalue weighted by Gasteiger charge is -2.09. The molecule has 1 heterocycles. The van der Waals surface area contributed by atoms with Crippen LogP contribution in [0.5, 0.6) is 0 Å². The normalized spacial score (nSPS) is 10.3. The number of benzene rings is 1. The van der Waals surface area contributed by atoms with Crippen molar-refractivity contribution >= 4 is 5.97 Å². The molecule has 0 N–H and O–H groups in total. The molecule has 1 aromatic carbocycles. The van der Waals surface area contributed by atoms with Gasteiger partial charge in [-0.1, -0.05) is 6.07 Å². The summed E-state index contributed by atoms with van der Waals surface area (Å²) in [5.41, 5.74) is 2.43. The predicted octanol–water partition coefficient (Wildman–Crippen LogP) is 2.03. The molecule has 0 radical (unpaired) electrons. The highest BCUT2D eigenvalue weighted by atomic mass is 16.5. The second-order valence-electron chi connectivity index (χ2n) is 4.46. The summed E-state index contributed by atoms with van der Waals surface area (Å²) in [5, 5.41) is 4.06. The number of esters is 1. The van der Waals surface area contributed by atoms with Crippen LogP contribution in [-0.4, -0.2) is 22.4 Å². The van der Waals surface area contributed by atoms with Gasteiger partial charge in [-0.05, 0) is 44.0 Å². The van der Waals surface area contributed by atoms with E-state index < -0.39 is 11.4 Å². The zero-order valence-corrected chi connectivity index (χ0v) is 11.7. The van der Waals surface area contributed by atoms with Crippen molar-refractivity contribution in [2.45, 2.75) is 20.8 Å². The van der Waals surface area contributed by atoms with Crippen molar-refractivity contribution in [3.05, 3.63) is 57.5 Å². The van der Waals surface area contributed by atoms with Gasteiger partial charge < -0.3 is 4.74 Å². The summed E-state index contributed by atoms with van der Waals surface area (Å²) in [7, 11) is 0. The molecular formula is C15H16N2O3. The molecule has 0 amide bonds. The van der Waals surface area contributed by atoms with Gasteiger partial charge in [-0.2, -0.15) is 5.10 Å². The Morgan fingerprint density at radius 2 is 2.00 bits per heavy atom. The van der Waals surface area contributed by atoms with Crippen LogP contribution >= 0.6 is 0 Å². The van der Waals surface area contributed by atoms with Gasteiger partial charge in [0.15, 0.2) is 0 Å². The molecule has 0 atom stereocenters. The number of aryl methyl sites for hydroxylation is 2. The van der Waals surface area contributed by atoms with Gasteiger partial charge in [-0.15, -0.1) is 0 Å². The van der Waals surface area contributed by atoms with Gasteiger partial charge >= 0.3 is 5.97 Å². The van der Waals surface area contributed by atoms with E-state index in [1.807, 2.05) is 32.0 Å². The average molecular weight is 272 g/mol. The van der Waals surface area contributed by atoms with Gasteiger partial charge in [0.1, 0.15) is 0 Å². The lowest BCUT2D eigenvalue weighted by molar-refractivity contribution is 0.0515. The number of nitrogens with zero attached hydrogens (tertiary/aromatic N) is 2. The second-order valence-corrected chi connectivity index (χ2v) is 4.46. The van der Waals surface area contributed by atoms with E-state index in [1.54, 1.807) is 6.92 Å². The number of ether oxygens (including phenoxy) is 1. The van der Waals surface area contributed by atoms with Crippen LogP contribution in [0.1, 0.15) is 28.5 Å². The number of carbonyl (C=O) groups excluding carboxylic acids is 1. The zero-order valence-electron chi connectivity index (χ0n) is 11.7. The lowest BCUT2D eigenvalue weighted by Crippen LogP contribution is -2.22. The van der Waals surface area contributed by atoms with Gasteiger partial charge in [-0.25, -0.2) is 9.48 Å². The fraction of sp³-hybridized carbons (Fsp3) is 0.267. The minimum Gasteiger partial charge on any atom is -0.461 e. The monoisotopic (exact) mass is 272 g/mol. The molecular weight excluding hydrogens is 256 g/mol. The Bertz CT molecular complexity index is 705. The summed E-state index contributed by atoms with van der Waals surface area (Å²) >= 11 is 0. The molecule has 0 saturated heterocycles. The Balaban J connectivity index is 2.48. The first-order valence-corrected chi connectivity index (χ1v) is 6.37. The van der Waals surface area contributed by atoms with Crippen molar-refractivity contribution in [1.82, 2.24) is 9.78 Å². The fourth-order valence-electron chi connectivity index (χ4n) is 1.76. The minimum absolute atomic E-state index is 0.201. The maximum Gasteiger partial charge on any atom is 0.362 e. The summed E-state index contributed by atoms with van der Waals surface area (Å²) < 4.78 is 6.33. The van der Waals surface area contributed by atoms with Crippen LogP contribution in [0.2, 0.25) is 0 Å². The third-order valence-electron chi connectivity index (χ3n) is 3.03. The number of aromatic nitrogens is 2. The van der Waals surface area contributed by atoms with Crippen LogP contribution in [0.25, 0.3) is 5.69 Å². The Kier molecular flexibility index (Phi) is 3.98. The summed E-state index contributed by atoms with van der Waals surface area (Å²) in [4.78, 5) is 23.3. The van der Waals surface area contributed by atoms with Gasteiger partial charge in [0.2, 0.25) is 11.1 Å². The summed E-state index contributed by atoms with van der Waals surface area (Å²) in [6, 6.07) is 7.11.